The lowest BCUT2D eigenvalue weighted by atomic mass is 9.95. The number of nitrogens with one attached hydrogen (secondary N) is 2. The molecule has 0 radical (unpaired) electrons. The maximum absolute atomic E-state index is 11.9. The maximum Gasteiger partial charge on any atom is 0.408 e. The van der Waals surface area contributed by atoms with E-state index in [1.54, 1.807) is 19.5 Å². The van der Waals surface area contributed by atoms with Gasteiger partial charge in [-0.1, -0.05) is 30.2 Å². The molecule has 1 aliphatic heterocycles. The Kier molecular flexibility index (Phi) is 4.50. The molecule has 6 heteroatoms. The van der Waals surface area contributed by atoms with Gasteiger partial charge in [0.05, 0.1) is 13.2 Å². The Bertz CT molecular complexity index is 1020. The molecule has 0 unspecified atom stereocenters. The number of carbonyl (C=O) groups excluding carboxylic acids is 1. The van der Waals surface area contributed by atoms with Crippen molar-refractivity contribution < 1.29 is 14.3 Å². The Balaban J connectivity index is 1.64. The molecule has 6 nitrogen and oxygen atoms in total. The first-order chi connectivity index (χ1) is 13.2. The lowest BCUT2D eigenvalue weighted by molar-refractivity contribution is 0.132. The van der Waals surface area contributed by atoms with Crippen molar-refractivity contribution in [1.82, 2.24) is 15.3 Å². The predicted octanol–water partition coefficient (Wildman–Crippen LogP) is 3.34. The maximum atomic E-state index is 11.9. The molecule has 3 aromatic rings. The molecule has 0 saturated carbocycles. The molecule has 134 valence electrons. The molecule has 27 heavy (non-hydrogen) atoms. The van der Waals surface area contributed by atoms with E-state index in [-0.39, 0.29) is 6.04 Å². The summed E-state index contributed by atoms with van der Waals surface area (Å²) in [5.41, 5.74) is 2.61. The summed E-state index contributed by atoms with van der Waals surface area (Å²) in [5, 5.41) is 2.88. The number of benzene rings is 2. The van der Waals surface area contributed by atoms with E-state index in [0.29, 0.717) is 11.6 Å². The number of aromatic nitrogens is 2. The Morgan fingerprint density at radius 3 is 2.78 bits per heavy atom. The van der Waals surface area contributed by atoms with Gasteiger partial charge in [-0.05, 0) is 41.3 Å². The van der Waals surface area contributed by atoms with Crippen molar-refractivity contribution in [3.63, 3.8) is 0 Å². The van der Waals surface area contributed by atoms with Crippen molar-refractivity contribution in [2.45, 2.75) is 12.1 Å². The lowest BCUT2D eigenvalue weighted by Gasteiger charge is -2.18. The molecule has 0 aliphatic carbocycles. The van der Waals surface area contributed by atoms with Gasteiger partial charge in [0.15, 0.2) is 11.9 Å². The van der Waals surface area contributed by atoms with Gasteiger partial charge < -0.3 is 19.8 Å². The standard InChI is InChI=1S/C21H17N3O3/c1-26-17-7-3-6-16(13-17)20-19(24-21(25)27-20)15-5-2-4-14(12-15)8-9-18-22-10-11-23-18/h2-7,10-13,19-20H,1H3,(H,22,23)(H,24,25)/t19-,20-/m1/s1. The highest BCUT2D eigenvalue weighted by atomic mass is 16.6. The quantitative estimate of drug-likeness (QED) is 0.703. The summed E-state index contributed by atoms with van der Waals surface area (Å²) in [5.74, 6) is 7.37. The first-order valence-corrected chi connectivity index (χ1v) is 8.45. The number of amides is 1. The number of nitrogens with zero attached hydrogens (tertiary/aromatic N) is 1. The number of cyclic esters (lactones) is 1. The fraction of sp³-hybridized carbons (Fsp3) is 0.143. The average Bonchev–Trinajstić information content (AvgIpc) is 3.36. The molecule has 1 aliphatic rings. The third-order valence-corrected chi connectivity index (χ3v) is 4.30. The Hall–Kier alpha value is -3.72. The van der Waals surface area contributed by atoms with Crippen LogP contribution in [-0.4, -0.2) is 23.2 Å². The molecule has 1 saturated heterocycles. The van der Waals surface area contributed by atoms with Crippen LogP contribution >= 0.6 is 0 Å². The molecule has 2 atom stereocenters. The van der Waals surface area contributed by atoms with E-state index in [2.05, 4.69) is 27.1 Å². The Morgan fingerprint density at radius 1 is 1.11 bits per heavy atom. The van der Waals surface area contributed by atoms with Gasteiger partial charge in [-0.2, -0.15) is 0 Å². The molecule has 2 aromatic carbocycles. The Labute approximate surface area is 156 Å². The summed E-state index contributed by atoms with van der Waals surface area (Å²) >= 11 is 0. The topological polar surface area (TPSA) is 76.2 Å². The number of H-pyrrole nitrogens is 1. The second kappa shape index (κ2) is 7.26. The highest BCUT2D eigenvalue weighted by molar-refractivity contribution is 5.71. The van der Waals surface area contributed by atoms with Gasteiger partial charge in [0.25, 0.3) is 0 Å². The van der Waals surface area contributed by atoms with E-state index >= 15 is 0 Å². The van der Waals surface area contributed by atoms with Crippen LogP contribution in [0.2, 0.25) is 0 Å². The van der Waals surface area contributed by atoms with E-state index in [1.165, 1.54) is 0 Å². The number of aromatic amines is 1. The molecular formula is C21H17N3O3. The number of rotatable bonds is 3. The van der Waals surface area contributed by atoms with Crippen LogP contribution in [0.4, 0.5) is 4.79 Å². The zero-order valence-corrected chi connectivity index (χ0v) is 14.6. The smallest absolute Gasteiger partial charge is 0.408 e. The van der Waals surface area contributed by atoms with Crippen LogP contribution in [0.25, 0.3) is 0 Å². The normalized spacial score (nSPS) is 18.2. The van der Waals surface area contributed by atoms with Gasteiger partial charge in [0.1, 0.15) is 5.75 Å². The van der Waals surface area contributed by atoms with Crippen LogP contribution < -0.4 is 10.1 Å². The van der Waals surface area contributed by atoms with Crippen LogP contribution in [0.5, 0.6) is 5.75 Å². The summed E-state index contributed by atoms with van der Waals surface area (Å²) < 4.78 is 10.8. The van der Waals surface area contributed by atoms with E-state index in [1.807, 2.05) is 48.5 Å². The minimum absolute atomic E-state index is 0.310. The highest BCUT2D eigenvalue weighted by Crippen LogP contribution is 2.37. The van der Waals surface area contributed by atoms with Crippen LogP contribution in [0.3, 0.4) is 0 Å². The summed E-state index contributed by atoms with van der Waals surface area (Å²) in [7, 11) is 1.61. The molecule has 2 heterocycles. The zero-order chi connectivity index (χ0) is 18.6. The van der Waals surface area contributed by atoms with E-state index in [4.69, 9.17) is 9.47 Å². The van der Waals surface area contributed by atoms with Crippen molar-refractivity contribution in [3.8, 4) is 17.6 Å². The third-order valence-electron chi connectivity index (χ3n) is 4.30. The molecule has 2 N–H and O–H groups in total. The summed E-state index contributed by atoms with van der Waals surface area (Å²) in [4.78, 5) is 19.0. The minimum Gasteiger partial charge on any atom is -0.497 e. The monoisotopic (exact) mass is 359 g/mol. The number of methoxy groups -OCH3 is 1. The SMILES string of the molecule is COc1cccc([C@H]2OC(=O)N[C@@H]2c2cccc(C#Cc3ncc[nH]3)c2)c1. The van der Waals surface area contributed by atoms with Crippen LogP contribution in [0.15, 0.2) is 60.9 Å². The van der Waals surface area contributed by atoms with Crippen molar-refractivity contribution >= 4 is 6.09 Å². The summed E-state index contributed by atoms with van der Waals surface area (Å²) in [6, 6.07) is 14.9. The Morgan fingerprint density at radius 2 is 1.96 bits per heavy atom. The van der Waals surface area contributed by atoms with Gasteiger partial charge in [-0.15, -0.1) is 0 Å². The van der Waals surface area contributed by atoms with E-state index < -0.39 is 12.2 Å². The molecular weight excluding hydrogens is 342 g/mol. The van der Waals surface area contributed by atoms with Gasteiger partial charge in [0, 0.05) is 18.0 Å². The molecule has 0 bridgehead atoms. The van der Waals surface area contributed by atoms with Crippen molar-refractivity contribution in [1.29, 1.82) is 0 Å². The fourth-order valence-corrected chi connectivity index (χ4v) is 3.03. The number of ether oxygens (including phenoxy) is 2. The first-order valence-electron chi connectivity index (χ1n) is 8.45. The van der Waals surface area contributed by atoms with Crippen molar-refractivity contribution in [2.75, 3.05) is 7.11 Å². The lowest BCUT2D eigenvalue weighted by Crippen LogP contribution is -2.19. The van der Waals surface area contributed by atoms with E-state index in [0.717, 1.165) is 16.7 Å². The highest BCUT2D eigenvalue weighted by Gasteiger charge is 2.36. The summed E-state index contributed by atoms with van der Waals surface area (Å²) in [6.07, 6.45) is 2.50. The fourth-order valence-electron chi connectivity index (χ4n) is 3.03. The third kappa shape index (κ3) is 3.62. The molecule has 1 amide bonds. The van der Waals surface area contributed by atoms with Crippen LogP contribution in [-0.2, 0) is 4.74 Å². The van der Waals surface area contributed by atoms with Crippen LogP contribution in [0.1, 0.15) is 34.7 Å². The van der Waals surface area contributed by atoms with Gasteiger partial charge in [-0.3, -0.25) is 0 Å². The largest absolute Gasteiger partial charge is 0.497 e. The molecule has 1 aromatic heterocycles. The van der Waals surface area contributed by atoms with Crippen molar-refractivity contribution in [3.05, 3.63) is 83.4 Å². The molecule has 1 fully saturated rings. The van der Waals surface area contributed by atoms with Crippen LogP contribution in [0, 0.1) is 11.8 Å². The van der Waals surface area contributed by atoms with E-state index in [9.17, 15) is 4.79 Å². The molecule has 4 rings (SSSR count). The number of hydrogen-bond donors (Lipinski definition) is 2. The predicted molar refractivity (Wildman–Crippen MR) is 99.1 cm³/mol. The second-order valence-corrected chi connectivity index (χ2v) is 6.04. The number of alkyl carbamates (subject to hydrolysis) is 1. The minimum atomic E-state index is -0.445. The number of imidazole rings is 1. The van der Waals surface area contributed by atoms with Crippen molar-refractivity contribution in [2.24, 2.45) is 0 Å². The van der Waals surface area contributed by atoms with Gasteiger partial charge >= 0.3 is 6.09 Å². The average molecular weight is 359 g/mol. The van der Waals surface area contributed by atoms with Gasteiger partial charge in [-0.25, -0.2) is 9.78 Å². The number of carbonyl (C=O) groups is 1. The van der Waals surface area contributed by atoms with Gasteiger partial charge in [0.2, 0.25) is 0 Å². The second-order valence-electron chi connectivity index (χ2n) is 6.04. The first kappa shape index (κ1) is 16.7. The molecule has 0 spiro atoms. The zero-order valence-electron chi connectivity index (χ0n) is 14.6. The number of hydrogen-bond acceptors (Lipinski definition) is 4. The summed E-state index contributed by atoms with van der Waals surface area (Å²) in [6.45, 7) is 0.